The second kappa shape index (κ2) is 7.84. The molecule has 1 aromatic rings. The minimum Gasteiger partial charge on any atom is -0.442 e. The van der Waals surface area contributed by atoms with Gasteiger partial charge in [0.25, 0.3) is 6.10 Å². The Kier molecular flexibility index (Phi) is 5.65. The SMILES string of the molecule is Cc1nnc(C2(C(=O)N3CC(C(=O)OC(C(F)(F)F)C(F)(F)F)CC34CCNCC4)CC2)o1. The van der Waals surface area contributed by atoms with Crippen molar-refractivity contribution < 1.29 is 45.1 Å². The van der Waals surface area contributed by atoms with E-state index in [9.17, 15) is 35.9 Å². The highest BCUT2D eigenvalue weighted by molar-refractivity contribution is 5.91. The van der Waals surface area contributed by atoms with Crippen LogP contribution in [0.2, 0.25) is 0 Å². The molecule has 184 valence electrons. The number of aryl methyl sites for hydroxylation is 1. The van der Waals surface area contributed by atoms with Crippen LogP contribution in [0, 0.1) is 12.8 Å². The van der Waals surface area contributed by atoms with Gasteiger partial charge in [0.15, 0.2) is 0 Å². The van der Waals surface area contributed by atoms with E-state index in [4.69, 9.17) is 4.42 Å². The summed E-state index contributed by atoms with van der Waals surface area (Å²) in [7, 11) is 0. The molecule has 0 aromatic carbocycles. The van der Waals surface area contributed by atoms with Crippen LogP contribution >= 0.6 is 0 Å². The topological polar surface area (TPSA) is 97.6 Å². The van der Waals surface area contributed by atoms with Gasteiger partial charge in [0.2, 0.25) is 17.7 Å². The zero-order chi connectivity index (χ0) is 24.2. The summed E-state index contributed by atoms with van der Waals surface area (Å²) >= 11 is 0. The summed E-state index contributed by atoms with van der Waals surface area (Å²) in [6.45, 7) is 2.18. The lowest BCUT2D eigenvalue weighted by atomic mass is 9.83. The fourth-order valence-corrected chi connectivity index (χ4v) is 4.79. The molecule has 8 nitrogen and oxygen atoms in total. The Labute approximate surface area is 184 Å². The third-order valence-corrected chi connectivity index (χ3v) is 6.64. The Balaban J connectivity index is 1.58. The first-order chi connectivity index (χ1) is 15.3. The van der Waals surface area contributed by atoms with Crippen molar-refractivity contribution in [3.8, 4) is 0 Å². The number of rotatable bonds is 4. The molecule has 2 saturated heterocycles. The number of hydrogen-bond acceptors (Lipinski definition) is 7. The standard InChI is InChI=1S/C19H22F6N4O4/c1-10-27-28-14(32-10)17(2-3-17)15(31)29-9-11(8-16(29)4-6-26-7-5-16)12(30)33-13(18(20,21)22)19(23,24)25/h11,13,26H,2-9H2,1H3. The smallest absolute Gasteiger partial charge is 0.434 e. The molecule has 1 unspecified atom stereocenters. The first-order valence-electron chi connectivity index (χ1n) is 10.5. The van der Waals surface area contributed by atoms with Crippen LogP contribution in [-0.2, 0) is 19.7 Å². The Morgan fingerprint density at radius 2 is 1.70 bits per heavy atom. The van der Waals surface area contributed by atoms with Crippen LogP contribution in [0.25, 0.3) is 0 Å². The van der Waals surface area contributed by atoms with E-state index in [1.807, 2.05) is 0 Å². The van der Waals surface area contributed by atoms with Crippen LogP contribution < -0.4 is 5.32 Å². The molecule has 3 fully saturated rings. The summed E-state index contributed by atoms with van der Waals surface area (Å²) < 4.78 is 86.6. The first-order valence-corrected chi connectivity index (χ1v) is 10.5. The predicted molar refractivity (Wildman–Crippen MR) is 96.6 cm³/mol. The monoisotopic (exact) mass is 484 g/mol. The Morgan fingerprint density at radius 3 is 2.18 bits per heavy atom. The van der Waals surface area contributed by atoms with Gasteiger partial charge < -0.3 is 19.4 Å². The highest BCUT2D eigenvalue weighted by atomic mass is 19.4. The Morgan fingerprint density at radius 1 is 1.09 bits per heavy atom. The van der Waals surface area contributed by atoms with Gasteiger partial charge in [-0.05, 0) is 45.2 Å². The number of piperidine rings is 1. The number of carbonyl (C=O) groups is 2. The number of nitrogens with zero attached hydrogens (tertiary/aromatic N) is 3. The molecule has 1 aromatic heterocycles. The molecule has 2 aliphatic heterocycles. The van der Waals surface area contributed by atoms with Gasteiger partial charge in [-0.3, -0.25) is 9.59 Å². The van der Waals surface area contributed by atoms with Crippen LogP contribution in [0.3, 0.4) is 0 Å². The average Bonchev–Trinajstić information content (AvgIpc) is 3.29. The second-order valence-electron chi connectivity index (χ2n) is 8.90. The van der Waals surface area contributed by atoms with Crippen molar-refractivity contribution in [1.82, 2.24) is 20.4 Å². The largest absolute Gasteiger partial charge is 0.442 e. The van der Waals surface area contributed by atoms with Crippen molar-refractivity contribution in [1.29, 1.82) is 0 Å². The number of aromatic nitrogens is 2. The molecule has 1 N–H and O–H groups in total. The molecular weight excluding hydrogens is 462 g/mol. The zero-order valence-electron chi connectivity index (χ0n) is 17.6. The minimum atomic E-state index is -5.80. The number of ether oxygens (including phenoxy) is 1. The van der Waals surface area contributed by atoms with Gasteiger partial charge in [0.05, 0.1) is 5.92 Å². The van der Waals surface area contributed by atoms with Crippen molar-refractivity contribution in [3.63, 3.8) is 0 Å². The predicted octanol–water partition coefficient (Wildman–Crippen LogP) is 2.42. The molecule has 1 amide bonds. The van der Waals surface area contributed by atoms with Crippen LogP contribution in [0.5, 0.6) is 0 Å². The molecule has 3 aliphatic rings. The fraction of sp³-hybridized carbons (Fsp3) is 0.789. The number of nitrogens with one attached hydrogen (secondary N) is 1. The van der Waals surface area contributed by atoms with Gasteiger partial charge >= 0.3 is 18.3 Å². The van der Waals surface area contributed by atoms with Crippen molar-refractivity contribution in [2.75, 3.05) is 19.6 Å². The van der Waals surface area contributed by atoms with E-state index in [0.29, 0.717) is 38.8 Å². The molecule has 1 spiro atoms. The van der Waals surface area contributed by atoms with Crippen molar-refractivity contribution in [3.05, 3.63) is 11.8 Å². The maximum absolute atomic E-state index is 13.6. The molecule has 1 saturated carbocycles. The number of hydrogen-bond donors (Lipinski definition) is 1. The van der Waals surface area contributed by atoms with Crippen molar-refractivity contribution in [2.45, 2.75) is 68.4 Å². The van der Waals surface area contributed by atoms with Gasteiger partial charge in [-0.25, -0.2) is 0 Å². The Bertz CT molecular complexity index is 906. The number of esters is 1. The summed E-state index contributed by atoms with van der Waals surface area (Å²) in [4.78, 5) is 27.5. The highest BCUT2D eigenvalue weighted by Gasteiger charge is 2.64. The van der Waals surface area contributed by atoms with E-state index in [2.05, 4.69) is 20.3 Å². The summed E-state index contributed by atoms with van der Waals surface area (Å²) in [5.41, 5.74) is -1.97. The van der Waals surface area contributed by atoms with Crippen LogP contribution in [0.1, 0.15) is 43.9 Å². The van der Waals surface area contributed by atoms with E-state index < -0.39 is 47.2 Å². The molecule has 0 bridgehead atoms. The van der Waals surface area contributed by atoms with Crippen LogP contribution in [0.4, 0.5) is 26.3 Å². The lowest BCUT2D eigenvalue weighted by Crippen LogP contribution is -2.55. The van der Waals surface area contributed by atoms with Crippen LogP contribution in [-0.4, -0.2) is 70.6 Å². The number of likely N-dealkylation sites (tertiary alicyclic amines) is 1. The Hall–Kier alpha value is -2.38. The van der Waals surface area contributed by atoms with Gasteiger partial charge in [-0.2, -0.15) is 26.3 Å². The maximum Gasteiger partial charge on any atom is 0.434 e. The van der Waals surface area contributed by atoms with Crippen molar-refractivity contribution >= 4 is 11.9 Å². The summed E-state index contributed by atoms with van der Waals surface area (Å²) in [5, 5.41) is 10.8. The average molecular weight is 484 g/mol. The maximum atomic E-state index is 13.6. The molecule has 4 rings (SSSR count). The molecular formula is C19H22F6N4O4. The van der Waals surface area contributed by atoms with E-state index in [1.165, 1.54) is 4.90 Å². The third kappa shape index (κ3) is 4.28. The minimum absolute atomic E-state index is 0.0827. The molecule has 1 atom stereocenters. The highest BCUT2D eigenvalue weighted by Crippen LogP contribution is 2.52. The number of alkyl halides is 6. The zero-order valence-corrected chi connectivity index (χ0v) is 17.6. The summed E-state index contributed by atoms with van der Waals surface area (Å²) in [6, 6.07) is 0. The number of carbonyl (C=O) groups excluding carboxylic acids is 2. The van der Waals surface area contributed by atoms with E-state index in [-0.39, 0.29) is 24.7 Å². The van der Waals surface area contributed by atoms with Gasteiger partial charge in [-0.15, -0.1) is 10.2 Å². The molecule has 0 radical (unpaired) electrons. The summed E-state index contributed by atoms with van der Waals surface area (Å²) in [6.07, 6.45) is -14.3. The number of amides is 1. The fourth-order valence-electron chi connectivity index (χ4n) is 4.79. The summed E-state index contributed by atoms with van der Waals surface area (Å²) in [5.74, 6) is -2.98. The quantitative estimate of drug-likeness (QED) is 0.518. The van der Waals surface area contributed by atoms with Crippen LogP contribution in [0.15, 0.2) is 4.42 Å². The molecule has 3 heterocycles. The molecule has 33 heavy (non-hydrogen) atoms. The second-order valence-corrected chi connectivity index (χ2v) is 8.90. The number of halogens is 6. The van der Waals surface area contributed by atoms with E-state index in [1.54, 1.807) is 6.92 Å². The van der Waals surface area contributed by atoms with E-state index in [0.717, 1.165) is 0 Å². The van der Waals surface area contributed by atoms with Gasteiger partial charge in [0.1, 0.15) is 5.41 Å². The lowest BCUT2D eigenvalue weighted by molar-refractivity contribution is -0.314. The lowest BCUT2D eigenvalue weighted by Gasteiger charge is -2.42. The first kappa shape index (κ1) is 23.8. The van der Waals surface area contributed by atoms with Crippen molar-refractivity contribution in [2.24, 2.45) is 5.92 Å². The normalized spacial score (nSPS) is 24.4. The molecule has 1 aliphatic carbocycles. The third-order valence-electron chi connectivity index (χ3n) is 6.64. The molecule has 14 heteroatoms. The van der Waals surface area contributed by atoms with Gasteiger partial charge in [-0.1, -0.05) is 0 Å². The van der Waals surface area contributed by atoms with Gasteiger partial charge in [0, 0.05) is 19.0 Å². The van der Waals surface area contributed by atoms with E-state index >= 15 is 0 Å².